The summed E-state index contributed by atoms with van der Waals surface area (Å²) in [7, 11) is 0. The lowest BCUT2D eigenvalue weighted by molar-refractivity contribution is 0.102. The van der Waals surface area contributed by atoms with E-state index in [-0.39, 0.29) is 11.6 Å². The molecular weight excluding hydrogens is 242 g/mol. The number of benzene rings is 1. The van der Waals surface area contributed by atoms with Crippen molar-refractivity contribution in [1.82, 2.24) is 4.98 Å². The number of amides is 1. The van der Waals surface area contributed by atoms with E-state index >= 15 is 0 Å². The average molecular weight is 253 g/mol. The summed E-state index contributed by atoms with van der Waals surface area (Å²) in [6.45, 7) is 1.84. The number of carbonyl (C=O) groups excluding carboxylic acids is 1. The van der Waals surface area contributed by atoms with Crippen LogP contribution in [0.4, 0.5) is 11.5 Å². The molecule has 0 radical (unpaired) electrons. The molecule has 0 unspecified atom stereocenters. The summed E-state index contributed by atoms with van der Waals surface area (Å²) in [4.78, 5) is 19.0. The summed E-state index contributed by atoms with van der Waals surface area (Å²) >= 11 is 0. The van der Waals surface area contributed by atoms with Gasteiger partial charge in [-0.3, -0.25) is 4.79 Å². The fourth-order valence-electron chi connectivity index (χ4n) is 1.60. The van der Waals surface area contributed by atoms with Crippen molar-refractivity contribution >= 4 is 17.4 Å². The molecular formula is C13H11N5O. The SMILES string of the molecule is Cc1cccc(NC(=O)c2ccccc2N=[N+]=[N-])n1. The van der Waals surface area contributed by atoms with E-state index in [1.54, 1.807) is 36.4 Å². The van der Waals surface area contributed by atoms with Crippen molar-refractivity contribution in [3.8, 4) is 0 Å². The average Bonchev–Trinajstić information content (AvgIpc) is 2.39. The smallest absolute Gasteiger partial charge is 0.257 e. The van der Waals surface area contributed by atoms with Crippen molar-refractivity contribution in [1.29, 1.82) is 0 Å². The molecule has 0 spiro atoms. The maximum Gasteiger partial charge on any atom is 0.257 e. The summed E-state index contributed by atoms with van der Waals surface area (Å²) in [5.74, 6) is 0.0989. The van der Waals surface area contributed by atoms with Crippen molar-refractivity contribution in [3.05, 3.63) is 64.2 Å². The highest BCUT2D eigenvalue weighted by Crippen LogP contribution is 2.20. The number of azide groups is 1. The van der Waals surface area contributed by atoms with Gasteiger partial charge in [0, 0.05) is 16.2 Å². The van der Waals surface area contributed by atoms with Gasteiger partial charge in [0.05, 0.1) is 5.69 Å². The van der Waals surface area contributed by atoms with E-state index in [2.05, 4.69) is 20.3 Å². The van der Waals surface area contributed by atoms with E-state index in [1.807, 2.05) is 13.0 Å². The van der Waals surface area contributed by atoms with Gasteiger partial charge in [0.25, 0.3) is 5.91 Å². The van der Waals surface area contributed by atoms with Crippen LogP contribution in [0.2, 0.25) is 0 Å². The van der Waals surface area contributed by atoms with Crippen LogP contribution in [0.3, 0.4) is 0 Å². The van der Waals surface area contributed by atoms with E-state index in [0.29, 0.717) is 11.4 Å². The first kappa shape index (κ1) is 12.6. The predicted octanol–water partition coefficient (Wildman–Crippen LogP) is 3.58. The zero-order valence-electron chi connectivity index (χ0n) is 10.2. The number of hydrogen-bond donors (Lipinski definition) is 1. The molecule has 6 heteroatoms. The van der Waals surface area contributed by atoms with E-state index < -0.39 is 0 Å². The largest absolute Gasteiger partial charge is 0.307 e. The van der Waals surface area contributed by atoms with Gasteiger partial charge in [-0.1, -0.05) is 29.4 Å². The Kier molecular flexibility index (Phi) is 3.75. The number of aryl methyl sites for hydroxylation is 1. The summed E-state index contributed by atoms with van der Waals surface area (Å²) in [5, 5.41) is 6.15. The Hall–Kier alpha value is -2.85. The molecule has 94 valence electrons. The molecule has 1 amide bonds. The molecule has 6 nitrogen and oxygen atoms in total. The lowest BCUT2D eigenvalue weighted by atomic mass is 10.1. The van der Waals surface area contributed by atoms with Crippen LogP contribution in [0.1, 0.15) is 16.1 Å². The number of nitrogens with zero attached hydrogens (tertiary/aromatic N) is 4. The van der Waals surface area contributed by atoms with Gasteiger partial charge in [0.2, 0.25) is 0 Å². The van der Waals surface area contributed by atoms with Gasteiger partial charge in [0.15, 0.2) is 0 Å². The Morgan fingerprint density at radius 3 is 2.79 bits per heavy atom. The minimum absolute atomic E-state index is 0.287. The van der Waals surface area contributed by atoms with Crippen LogP contribution in [0, 0.1) is 6.92 Å². The Labute approximate surface area is 109 Å². The number of pyridine rings is 1. The second kappa shape index (κ2) is 5.66. The Morgan fingerprint density at radius 2 is 2.05 bits per heavy atom. The van der Waals surface area contributed by atoms with Crippen LogP contribution in [-0.2, 0) is 0 Å². The molecule has 2 aromatic rings. The second-order valence-corrected chi connectivity index (χ2v) is 3.82. The normalized spacial score (nSPS) is 9.53. The molecule has 19 heavy (non-hydrogen) atoms. The molecule has 1 aromatic carbocycles. The fraction of sp³-hybridized carbons (Fsp3) is 0.0769. The lowest BCUT2D eigenvalue weighted by Crippen LogP contribution is -2.13. The third-order valence-corrected chi connectivity index (χ3v) is 2.43. The molecule has 0 saturated heterocycles. The molecule has 1 aromatic heterocycles. The van der Waals surface area contributed by atoms with Gasteiger partial charge in [-0.15, -0.1) is 0 Å². The number of nitrogens with one attached hydrogen (secondary N) is 1. The summed E-state index contributed by atoms with van der Waals surface area (Å²) in [6.07, 6.45) is 0. The molecule has 0 aliphatic carbocycles. The number of anilines is 1. The first-order chi connectivity index (χ1) is 9.20. The van der Waals surface area contributed by atoms with Gasteiger partial charge in [-0.25, -0.2) is 4.98 Å². The molecule has 0 fully saturated rings. The summed E-state index contributed by atoms with van der Waals surface area (Å²) in [6, 6.07) is 11.9. The van der Waals surface area contributed by atoms with Crippen LogP contribution in [0.5, 0.6) is 0 Å². The first-order valence-corrected chi connectivity index (χ1v) is 5.60. The van der Waals surface area contributed by atoms with Gasteiger partial charge < -0.3 is 5.32 Å². The Morgan fingerprint density at radius 1 is 1.26 bits per heavy atom. The zero-order valence-corrected chi connectivity index (χ0v) is 10.2. The molecule has 0 atom stereocenters. The summed E-state index contributed by atoms with van der Waals surface area (Å²) < 4.78 is 0. The van der Waals surface area contributed by atoms with Crippen molar-refractivity contribution in [2.75, 3.05) is 5.32 Å². The van der Waals surface area contributed by atoms with E-state index in [9.17, 15) is 4.79 Å². The van der Waals surface area contributed by atoms with Crippen LogP contribution < -0.4 is 5.32 Å². The monoisotopic (exact) mass is 253 g/mol. The molecule has 0 saturated carbocycles. The predicted molar refractivity (Wildman–Crippen MR) is 72.2 cm³/mol. The molecule has 0 aliphatic rings. The minimum atomic E-state index is -0.360. The standard InChI is InChI=1S/C13H11N5O/c1-9-5-4-8-12(15-9)16-13(19)10-6-2-3-7-11(10)17-18-14/h2-8H,1H3,(H,15,16,19). The molecule has 0 bridgehead atoms. The zero-order chi connectivity index (χ0) is 13.7. The second-order valence-electron chi connectivity index (χ2n) is 3.82. The molecule has 1 N–H and O–H groups in total. The van der Waals surface area contributed by atoms with Crippen LogP contribution in [-0.4, -0.2) is 10.9 Å². The van der Waals surface area contributed by atoms with Crippen molar-refractivity contribution in [3.63, 3.8) is 0 Å². The maximum absolute atomic E-state index is 12.1. The molecule has 0 aliphatic heterocycles. The third-order valence-electron chi connectivity index (χ3n) is 2.43. The van der Waals surface area contributed by atoms with Gasteiger partial charge in [-0.05, 0) is 30.7 Å². The van der Waals surface area contributed by atoms with Crippen molar-refractivity contribution in [2.45, 2.75) is 6.92 Å². The Balaban J connectivity index is 2.28. The molecule has 1 heterocycles. The van der Waals surface area contributed by atoms with E-state index in [0.717, 1.165) is 5.69 Å². The number of carbonyl (C=O) groups is 1. The summed E-state index contributed by atoms with van der Waals surface area (Å²) in [5.41, 5.74) is 9.87. The van der Waals surface area contributed by atoms with Crippen molar-refractivity contribution in [2.24, 2.45) is 5.11 Å². The van der Waals surface area contributed by atoms with Gasteiger partial charge >= 0.3 is 0 Å². The topological polar surface area (TPSA) is 90.8 Å². The third kappa shape index (κ3) is 3.08. The number of aromatic nitrogens is 1. The maximum atomic E-state index is 12.1. The number of hydrogen-bond acceptors (Lipinski definition) is 3. The highest BCUT2D eigenvalue weighted by atomic mass is 16.1. The minimum Gasteiger partial charge on any atom is -0.307 e. The van der Waals surface area contributed by atoms with Crippen molar-refractivity contribution < 1.29 is 4.79 Å². The van der Waals surface area contributed by atoms with Crippen LogP contribution in [0.25, 0.3) is 10.4 Å². The first-order valence-electron chi connectivity index (χ1n) is 5.60. The Bertz CT molecular complexity index is 662. The van der Waals surface area contributed by atoms with Crippen LogP contribution in [0.15, 0.2) is 47.6 Å². The highest BCUT2D eigenvalue weighted by molar-refractivity contribution is 6.07. The molecule has 2 rings (SSSR count). The van der Waals surface area contributed by atoms with E-state index in [4.69, 9.17) is 5.53 Å². The lowest BCUT2D eigenvalue weighted by Gasteiger charge is -2.06. The van der Waals surface area contributed by atoms with Gasteiger partial charge in [-0.2, -0.15) is 0 Å². The fourth-order valence-corrected chi connectivity index (χ4v) is 1.60. The van der Waals surface area contributed by atoms with Gasteiger partial charge in [0.1, 0.15) is 5.82 Å². The van der Waals surface area contributed by atoms with Crippen LogP contribution >= 0.6 is 0 Å². The van der Waals surface area contributed by atoms with E-state index in [1.165, 1.54) is 0 Å². The number of rotatable bonds is 3. The quantitative estimate of drug-likeness (QED) is 0.514. The highest BCUT2D eigenvalue weighted by Gasteiger charge is 2.10.